The Bertz CT molecular complexity index is 591. The Labute approximate surface area is 121 Å². The summed E-state index contributed by atoms with van der Waals surface area (Å²) in [5, 5.41) is 3.41. The Hall–Kier alpha value is -1.90. The topological polar surface area (TPSA) is 37.8 Å². The quantitative estimate of drug-likeness (QED) is 0.886. The highest BCUT2D eigenvalue weighted by Crippen LogP contribution is 2.29. The predicted molar refractivity (Wildman–Crippen MR) is 85.1 cm³/mol. The van der Waals surface area contributed by atoms with E-state index in [1.165, 1.54) is 22.3 Å². The summed E-state index contributed by atoms with van der Waals surface area (Å²) in [6, 6.07) is 6.38. The molecule has 2 aromatic rings. The Balaban J connectivity index is 2.53. The molecule has 1 aromatic heterocycles. The van der Waals surface area contributed by atoms with Crippen molar-refractivity contribution in [3.05, 3.63) is 41.2 Å². The van der Waals surface area contributed by atoms with Crippen molar-refractivity contribution >= 4 is 5.82 Å². The molecule has 3 heteroatoms. The van der Waals surface area contributed by atoms with Crippen LogP contribution in [0.2, 0.25) is 0 Å². The van der Waals surface area contributed by atoms with E-state index in [0.29, 0.717) is 0 Å². The largest absolute Gasteiger partial charge is 0.370 e. The van der Waals surface area contributed by atoms with E-state index in [9.17, 15) is 0 Å². The van der Waals surface area contributed by atoms with Gasteiger partial charge >= 0.3 is 0 Å². The molecule has 2 rings (SSSR count). The summed E-state index contributed by atoms with van der Waals surface area (Å²) in [4.78, 5) is 8.94. The van der Waals surface area contributed by atoms with Gasteiger partial charge in [-0.2, -0.15) is 0 Å². The fraction of sp³-hybridized carbons (Fsp3) is 0.412. The average Bonchev–Trinajstić information content (AvgIpc) is 2.47. The van der Waals surface area contributed by atoms with E-state index < -0.39 is 0 Å². The first-order valence-corrected chi connectivity index (χ1v) is 7.33. The Morgan fingerprint density at radius 1 is 1.10 bits per heavy atom. The minimum absolute atomic E-state index is 0.926. The molecule has 1 heterocycles. The van der Waals surface area contributed by atoms with Crippen LogP contribution in [-0.2, 0) is 6.42 Å². The first-order valence-electron chi connectivity index (χ1n) is 7.33. The van der Waals surface area contributed by atoms with Gasteiger partial charge in [0.1, 0.15) is 12.1 Å². The van der Waals surface area contributed by atoms with Gasteiger partial charge in [-0.3, -0.25) is 0 Å². The van der Waals surface area contributed by atoms with Crippen molar-refractivity contribution in [3.8, 4) is 11.3 Å². The number of rotatable bonds is 5. The molecule has 1 N–H and O–H groups in total. The van der Waals surface area contributed by atoms with Gasteiger partial charge in [0.25, 0.3) is 0 Å². The Morgan fingerprint density at radius 3 is 2.60 bits per heavy atom. The SMILES string of the molecule is CCCNc1ncnc(-c2cccc(C)c2C)c1CC. The van der Waals surface area contributed by atoms with Crippen molar-refractivity contribution in [1.82, 2.24) is 9.97 Å². The van der Waals surface area contributed by atoms with Crippen molar-refractivity contribution in [1.29, 1.82) is 0 Å². The van der Waals surface area contributed by atoms with Crippen LogP contribution in [0.5, 0.6) is 0 Å². The molecule has 0 aliphatic rings. The molecule has 0 radical (unpaired) electrons. The summed E-state index contributed by atoms with van der Waals surface area (Å²) in [7, 11) is 0. The van der Waals surface area contributed by atoms with E-state index in [0.717, 1.165) is 30.9 Å². The molecular formula is C17H23N3. The molecule has 20 heavy (non-hydrogen) atoms. The molecule has 0 atom stereocenters. The van der Waals surface area contributed by atoms with Gasteiger partial charge in [-0.15, -0.1) is 0 Å². The molecule has 0 spiro atoms. The van der Waals surface area contributed by atoms with E-state index in [1.54, 1.807) is 6.33 Å². The number of aryl methyl sites for hydroxylation is 1. The number of aromatic nitrogens is 2. The zero-order chi connectivity index (χ0) is 14.5. The van der Waals surface area contributed by atoms with Gasteiger partial charge in [-0.25, -0.2) is 9.97 Å². The lowest BCUT2D eigenvalue weighted by molar-refractivity contribution is 0.949. The average molecular weight is 269 g/mol. The third kappa shape index (κ3) is 2.82. The maximum Gasteiger partial charge on any atom is 0.133 e. The van der Waals surface area contributed by atoms with Crippen molar-refractivity contribution < 1.29 is 0 Å². The van der Waals surface area contributed by atoms with Crippen molar-refractivity contribution in [2.45, 2.75) is 40.5 Å². The maximum absolute atomic E-state index is 4.54. The second-order valence-electron chi connectivity index (χ2n) is 5.08. The summed E-state index contributed by atoms with van der Waals surface area (Å²) < 4.78 is 0. The van der Waals surface area contributed by atoms with Gasteiger partial charge in [-0.1, -0.05) is 32.0 Å². The molecule has 0 aliphatic heterocycles. The molecule has 0 aliphatic carbocycles. The van der Waals surface area contributed by atoms with Gasteiger partial charge in [0.2, 0.25) is 0 Å². The normalized spacial score (nSPS) is 10.6. The lowest BCUT2D eigenvalue weighted by Crippen LogP contribution is -2.07. The number of nitrogens with one attached hydrogen (secondary N) is 1. The maximum atomic E-state index is 4.54. The Kier molecular flexibility index (Phi) is 4.72. The molecule has 0 saturated heterocycles. The number of anilines is 1. The summed E-state index contributed by atoms with van der Waals surface area (Å²) in [5.74, 6) is 0.972. The van der Waals surface area contributed by atoms with Crippen molar-refractivity contribution in [2.24, 2.45) is 0 Å². The van der Waals surface area contributed by atoms with E-state index in [-0.39, 0.29) is 0 Å². The van der Waals surface area contributed by atoms with E-state index in [2.05, 4.69) is 61.2 Å². The third-order valence-corrected chi connectivity index (χ3v) is 3.70. The molecule has 106 valence electrons. The highest BCUT2D eigenvalue weighted by Gasteiger charge is 2.13. The lowest BCUT2D eigenvalue weighted by Gasteiger charge is -2.15. The van der Waals surface area contributed by atoms with E-state index in [1.807, 2.05) is 0 Å². The molecule has 0 unspecified atom stereocenters. The van der Waals surface area contributed by atoms with Crippen LogP contribution in [0.4, 0.5) is 5.82 Å². The summed E-state index contributed by atoms with van der Waals surface area (Å²) >= 11 is 0. The predicted octanol–water partition coefficient (Wildman–Crippen LogP) is 4.14. The van der Waals surface area contributed by atoms with Crippen LogP contribution in [0.15, 0.2) is 24.5 Å². The number of hydrogen-bond acceptors (Lipinski definition) is 3. The van der Waals surface area contributed by atoms with Crippen LogP contribution >= 0.6 is 0 Å². The van der Waals surface area contributed by atoms with Crippen LogP contribution in [0.25, 0.3) is 11.3 Å². The molecule has 0 amide bonds. The van der Waals surface area contributed by atoms with Gasteiger partial charge in [-0.05, 0) is 37.8 Å². The zero-order valence-electron chi connectivity index (χ0n) is 12.8. The van der Waals surface area contributed by atoms with Gasteiger partial charge in [0, 0.05) is 17.7 Å². The zero-order valence-corrected chi connectivity index (χ0v) is 12.8. The second kappa shape index (κ2) is 6.51. The van der Waals surface area contributed by atoms with Gasteiger partial charge < -0.3 is 5.32 Å². The summed E-state index contributed by atoms with van der Waals surface area (Å²) in [6.07, 6.45) is 3.68. The standard InChI is InChI=1S/C17H23N3/c1-5-10-18-17-14(6-2)16(19-11-20-17)15-9-7-8-12(3)13(15)4/h7-9,11H,5-6,10H2,1-4H3,(H,18,19,20). The Morgan fingerprint density at radius 2 is 1.90 bits per heavy atom. The fourth-order valence-corrected chi connectivity index (χ4v) is 2.38. The molecular weight excluding hydrogens is 246 g/mol. The van der Waals surface area contributed by atoms with E-state index in [4.69, 9.17) is 0 Å². The minimum atomic E-state index is 0.926. The fourth-order valence-electron chi connectivity index (χ4n) is 2.38. The number of benzene rings is 1. The van der Waals surface area contributed by atoms with Crippen LogP contribution in [0, 0.1) is 13.8 Å². The van der Waals surface area contributed by atoms with Gasteiger partial charge in [0.05, 0.1) is 5.69 Å². The monoisotopic (exact) mass is 269 g/mol. The van der Waals surface area contributed by atoms with Crippen molar-refractivity contribution in [3.63, 3.8) is 0 Å². The molecule has 3 nitrogen and oxygen atoms in total. The van der Waals surface area contributed by atoms with Crippen LogP contribution in [0.1, 0.15) is 37.0 Å². The highest BCUT2D eigenvalue weighted by atomic mass is 15.0. The molecule has 1 aromatic carbocycles. The smallest absolute Gasteiger partial charge is 0.133 e. The molecule has 0 saturated carbocycles. The molecule has 0 fully saturated rings. The third-order valence-electron chi connectivity index (χ3n) is 3.70. The minimum Gasteiger partial charge on any atom is -0.370 e. The first-order chi connectivity index (χ1) is 9.69. The first kappa shape index (κ1) is 14.5. The van der Waals surface area contributed by atoms with Gasteiger partial charge in [0.15, 0.2) is 0 Å². The lowest BCUT2D eigenvalue weighted by atomic mass is 9.97. The summed E-state index contributed by atoms with van der Waals surface area (Å²) in [6.45, 7) is 9.55. The second-order valence-corrected chi connectivity index (χ2v) is 5.08. The summed E-state index contributed by atoms with van der Waals surface area (Å²) in [5.41, 5.74) is 6.06. The van der Waals surface area contributed by atoms with Crippen LogP contribution in [-0.4, -0.2) is 16.5 Å². The molecule has 0 bridgehead atoms. The van der Waals surface area contributed by atoms with E-state index >= 15 is 0 Å². The number of hydrogen-bond donors (Lipinski definition) is 1. The van der Waals surface area contributed by atoms with Crippen LogP contribution in [0.3, 0.4) is 0 Å². The van der Waals surface area contributed by atoms with Crippen molar-refractivity contribution in [2.75, 3.05) is 11.9 Å². The number of nitrogens with zero attached hydrogens (tertiary/aromatic N) is 2. The highest BCUT2D eigenvalue weighted by molar-refractivity contribution is 5.71. The van der Waals surface area contributed by atoms with Crippen LogP contribution < -0.4 is 5.32 Å².